The van der Waals surface area contributed by atoms with Gasteiger partial charge in [-0.25, -0.2) is 0 Å². The number of nitrogens with one attached hydrogen (secondary N) is 1. The van der Waals surface area contributed by atoms with Crippen LogP contribution in [0.4, 0.5) is 0 Å². The molecule has 0 saturated carbocycles. The van der Waals surface area contributed by atoms with Gasteiger partial charge in [-0.15, -0.1) is 0 Å². The molecule has 0 aliphatic heterocycles. The van der Waals surface area contributed by atoms with Crippen LogP contribution in [0.5, 0.6) is 0 Å². The Labute approximate surface area is 145 Å². The fourth-order valence-electron chi connectivity index (χ4n) is 2.60. The van der Waals surface area contributed by atoms with Gasteiger partial charge in [0.1, 0.15) is 11.3 Å². The molecule has 0 aliphatic carbocycles. The van der Waals surface area contributed by atoms with Crippen LogP contribution in [0.15, 0.2) is 57.7 Å². The van der Waals surface area contributed by atoms with Gasteiger partial charge in [0.25, 0.3) is 5.91 Å². The summed E-state index contributed by atoms with van der Waals surface area (Å²) >= 11 is 0. The predicted molar refractivity (Wildman–Crippen MR) is 98.7 cm³/mol. The van der Waals surface area contributed by atoms with Crippen molar-refractivity contribution in [2.75, 3.05) is 13.1 Å². The number of nitrogens with two attached hydrogens (primary N) is 1. The lowest BCUT2D eigenvalue weighted by molar-refractivity contribution is 0.0953. The Bertz CT molecular complexity index is 959. The number of aryl methyl sites for hydroxylation is 1. The zero-order valence-corrected chi connectivity index (χ0v) is 14.0. The average Bonchev–Trinajstić information content (AvgIpc) is 2.62. The number of hydrogen-bond donors (Lipinski definition) is 2. The van der Waals surface area contributed by atoms with Crippen molar-refractivity contribution in [2.24, 2.45) is 5.73 Å². The molecule has 3 rings (SSSR count). The Morgan fingerprint density at radius 3 is 2.60 bits per heavy atom. The van der Waals surface area contributed by atoms with Gasteiger partial charge in [-0.3, -0.25) is 9.59 Å². The summed E-state index contributed by atoms with van der Waals surface area (Å²) in [5, 5.41) is 3.37. The summed E-state index contributed by atoms with van der Waals surface area (Å²) in [4.78, 5) is 24.3. The Balaban J connectivity index is 1.87. The number of benzene rings is 2. The maximum atomic E-state index is 12.3. The van der Waals surface area contributed by atoms with Gasteiger partial charge in [0.2, 0.25) is 0 Å². The van der Waals surface area contributed by atoms with Crippen LogP contribution in [0.3, 0.4) is 0 Å². The van der Waals surface area contributed by atoms with Crippen molar-refractivity contribution in [3.8, 4) is 11.3 Å². The summed E-state index contributed by atoms with van der Waals surface area (Å²) in [7, 11) is 0. The van der Waals surface area contributed by atoms with E-state index in [0.29, 0.717) is 35.4 Å². The molecule has 0 fully saturated rings. The van der Waals surface area contributed by atoms with Crippen LogP contribution in [0.25, 0.3) is 22.3 Å². The lowest BCUT2D eigenvalue weighted by Crippen LogP contribution is -2.25. The Morgan fingerprint density at radius 2 is 1.88 bits per heavy atom. The molecular formula is C20H20N2O3. The largest absolute Gasteiger partial charge is 0.456 e. The fourth-order valence-corrected chi connectivity index (χ4v) is 2.60. The molecule has 3 N–H and O–H groups in total. The van der Waals surface area contributed by atoms with Gasteiger partial charge in [-0.1, -0.05) is 23.8 Å². The van der Waals surface area contributed by atoms with Gasteiger partial charge < -0.3 is 15.5 Å². The van der Waals surface area contributed by atoms with Crippen LogP contribution < -0.4 is 16.5 Å². The van der Waals surface area contributed by atoms with Crippen molar-refractivity contribution in [3.05, 3.63) is 69.9 Å². The van der Waals surface area contributed by atoms with Gasteiger partial charge in [-0.05, 0) is 44.2 Å². The van der Waals surface area contributed by atoms with E-state index in [1.165, 1.54) is 6.07 Å². The summed E-state index contributed by atoms with van der Waals surface area (Å²) in [6, 6.07) is 14.0. The molecule has 0 unspecified atom stereocenters. The molecule has 0 radical (unpaired) electrons. The van der Waals surface area contributed by atoms with E-state index >= 15 is 0 Å². The highest BCUT2D eigenvalue weighted by Crippen LogP contribution is 2.23. The van der Waals surface area contributed by atoms with Crippen LogP contribution in [-0.4, -0.2) is 19.0 Å². The van der Waals surface area contributed by atoms with Crippen molar-refractivity contribution < 1.29 is 9.21 Å². The SMILES string of the molecule is Cc1ccc2oc(-c3ccc(C(=O)NCCCN)cc3)cc(=O)c2c1. The molecular weight excluding hydrogens is 316 g/mol. The van der Waals surface area contributed by atoms with Crippen LogP contribution in [0, 0.1) is 6.92 Å². The van der Waals surface area contributed by atoms with E-state index < -0.39 is 0 Å². The highest BCUT2D eigenvalue weighted by molar-refractivity contribution is 5.94. The molecule has 0 atom stereocenters. The first-order valence-corrected chi connectivity index (χ1v) is 8.22. The summed E-state index contributed by atoms with van der Waals surface area (Å²) in [5.41, 5.74) is 8.20. The molecule has 5 nitrogen and oxygen atoms in total. The standard InChI is InChI=1S/C20H20N2O3/c1-13-3-8-18-16(11-13)17(23)12-19(25-18)14-4-6-15(7-5-14)20(24)22-10-2-9-21/h3-8,11-12H,2,9-10,21H2,1H3,(H,22,24). The predicted octanol–water partition coefficient (Wildman–Crippen LogP) is 2.85. The Hall–Kier alpha value is -2.92. The van der Waals surface area contributed by atoms with Gasteiger partial charge in [0.15, 0.2) is 5.43 Å². The highest BCUT2D eigenvalue weighted by Gasteiger charge is 2.09. The van der Waals surface area contributed by atoms with Crippen LogP contribution >= 0.6 is 0 Å². The first-order chi connectivity index (χ1) is 12.1. The molecule has 25 heavy (non-hydrogen) atoms. The maximum Gasteiger partial charge on any atom is 0.251 e. The molecule has 1 amide bonds. The number of rotatable bonds is 5. The van der Waals surface area contributed by atoms with Gasteiger partial charge in [0.05, 0.1) is 5.39 Å². The molecule has 0 saturated heterocycles. The van der Waals surface area contributed by atoms with E-state index in [-0.39, 0.29) is 11.3 Å². The van der Waals surface area contributed by atoms with Crippen molar-refractivity contribution in [1.82, 2.24) is 5.32 Å². The Kier molecular flexibility index (Phi) is 4.95. The molecule has 1 heterocycles. The first kappa shape index (κ1) is 16.9. The van der Waals surface area contributed by atoms with Crippen LogP contribution in [-0.2, 0) is 0 Å². The minimum absolute atomic E-state index is 0.0800. The molecule has 5 heteroatoms. The number of carbonyl (C=O) groups excluding carboxylic acids is 1. The van der Waals surface area contributed by atoms with Crippen molar-refractivity contribution in [3.63, 3.8) is 0 Å². The number of carbonyl (C=O) groups is 1. The lowest BCUT2D eigenvalue weighted by atomic mass is 10.1. The molecule has 1 aromatic heterocycles. The zero-order chi connectivity index (χ0) is 17.8. The van der Waals surface area contributed by atoms with Crippen molar-refractivity contribution >= 4 is 16.9 Å². The van der Waals surface area contributed by atoms with Gasteiger partial charge in [-0.2, -0.15) is 0 Å². The maximum absolute atomic E-state index is 12.3. The molecule has 128 valence electrons. The van der Waals surface area contributed by atoms with E-state index in [1.54, 1.807) is 30.3 Å². The fraction of sp³-hybridized carbons (Fsp3) is 0.200. The third kappa shape index (κ3) is 3.78. The van der Waals surface area contributed by atoms with Crippen LogP contribution in [0.2, 0.25) is 0 Å². The van der Waals surface area contributed by atoms with E-state index in [2.05, 4.69) is 5.32 Å². The minimum Gasteiger partial charge on any atom is -0.456 e. The zero-order valence-electron chi connectivity index (χ0n) is 14.0. The van der Waals surface area contributed by atoms with Crippen molar-refractivity contribution in [2.45, 2.75) is 13.3 Å². The monoisotopic (exact) mass is 336 g/mol. The van der Waals surface area contributed by atoms with Gasteiger partial charge in [0, 0.05) is 23.7 Å². The van der Waals surface area contributed by atoms with Gasteiger partial charge >= 0.3 is 0 Å². The summed E-state index contributed by atoms with van der Waals surface area (Å²) in [6.07, 6.45) is 0.742. The number of amides is 1. The van der Waals surface area contributed by atoms with E-state index in [1.807, 2.05) is 19.1 Å². The molecule has 0 aliphatic rings. The molecule has 0 bridgehead atoms. The lowest BCUT2D eigenvalue weighted by Gasteiger charge is -2.06. The molecule has 3 aromatic rings. The smallest absolute Gasteiger partial charge is 0.251 e. The van der Waals surface area contributed by atoms with E-state index in [4.69, 9.17) is 10.2 Å². The first-order valence-electron chi connectivity index (χ1n) is 8.22. The summed E-state index contributed by atoms with van der Waals surface area (Å²) in [6.45, 7) is 3.03. The quantitative estimate of drug-likeness (QED) is 0.702. The summed E-state index contributed by atoms with van der Waals surface area (Å²) < 4.78 is 5.85. The van der Waals surface area contributed by atoms with Crippen LogP contribution in [0.1, 0.15) is 22.3 Å². The second-order valence-corrected chi connectivity index (χ2v) is 5.95. The van der Waals surface area contributed by atoms with Crippen molar-refractivity contribution in [1.29, 1.82) is 0 Å². The number of hydrogen-bond acceptors (Lipinski definition) is 4. The average molecular weight is 336 g/mol. The molecule has 2 aromatic carbocycles. The normalized spacial score (nSPS) is 10.8. The second-order valence-electron chi connectivity index (χ2n) is 5.95. The highest BCUT2D eigenvalue weighted by atomic mass is 16.3. The third-order valence-corrected chi connectivity index (χ3v) is 3.98. The second kappa shape index (κ2) is 7.32. The summed E-state index contributed by atoms with van der Waals surface area (Å²) in [5.74, 6) is 0.340. The number of fused-ring (bicyclic) bond motifs is 1. The van der Waals surface area contributed by atoms with E-state index in [9.17, 15) is 9.59 Å². The third-order valence-electron chi connectivity index (χ3n) is 3.98. The Morgan fingerprint density at radius 1 is 1.12 bits per heavy atom. The minimum atomic E-state index is -0.143. The molecule has 0 spiro atoms. The van der Waals surface area contributed by atoms with E-state index in [0.717, 1.165) is 17.5 Å². The topological polar surface area (TPSA) is 85.3 Å².